The number of carbonyl (C=O) groups is 1. The van der Waals surface area contributed by atoms with Gasteiger partial charge in [-0.2, -0.15) is 0 Å². The highest BCUT2D eigenvalue weighted by atomic mass is 16.2. The number of pyridine rings is 1. The van der Waals surface area contributed by atoms with E-state index in [1.807, 2.05) is 13.0 Å². The predicted molar refractivity (Wildman–Crippen MR) is 59.4 cm³/mol. The highest BCUT2D eigenvalue weighted by Crippen LogP contribution is 2.06. The monoisotopic (exact) mass is 202 g/mol. The molecular weight excluding hydrogens is 188 g/mol. The van der Waals surface area contributed by atoms with Crippen molar-refractivity contribution in [3.05, 3.63) is 29.6 Å². The summed E-state index contributed by atoms with van der Waals surface area (Å²) < 4.78 is 0. The third kappa shape index (κ3) is 2.81. The molecule has 0 fully saturated rings. The quantitative estimate of drug-likeness (QED) is 0.739. The van der Waals surface area contributed by atoms with Gasteiger partial charge in [0, 0.05) is 6.20 Å². The molecule has 3 nitrogen and oxygen atoms in total. The molecule has 0 aromatic carbocycles. The van der Waals surface area contributed by atoms with Crippen LogP contribution in [0.1, 0.15) is 29.9 Å². The van der Waals surface area contributed by atoms with Crippen molar-refractivity contribution in [1.29, 1.82) is 0 Å². The van der Waals surface area contributed by atoms with Crippen molar-refractivity contribution in [3.63, 3.8) is 0 Å². The van der Waals surface area contributed by atoms with Crippen molar-refractivity contribution in [3.8, 4) is 12.3 Å². The van der Waals surface area contributed by atoms with Gasteiger partial charge >= 0.3 is 0 Å². The van der Waals surface area contributed by atoms with Gasteiger partial charge < -0.3 is 5.32 Å². The molecule has 1 heterocycles. The maximum Gasteiger partial charge on any atom is 0.271 e. The SMILES string of the molecule is C#CC(C)(C)NC(=O)c1ncccc1C. The van der Waals surface area contributed by atoms with Gasteiger partial charge in [0.15, 0.2) is 0 Å². The Kier molecular flexibility index (Phi) is 3.11. The molecule has 1 N–H and O–H groups in total. The van der Waals surface area contributed by atoms with Crippen LogP contribution >= 0.6 is 0 Å². The molecular formula is C12H14N2O. The normalized spacial score (nSPS) is 10.5. The Morgan fingerprint density at radius 1 is 1.60 bits per heavy atom. The summed E-state index contributed by atoms with van der Waals surface area (Å²) >= 11 is 0. The summed E-state index contributed by atoms with van der Waals surface area (Å²) in [5.74, 6) is 2.26. The van der Waals surface area contributed by atoms with E-state index in [4.69, 9.17) is 6.42 Å². The van der Waals surface area contributed by atoms with Gasteiger partial charge in [0.2, 0.25) is 0 Å². The van der Waals surface area contributed by atoms with Gasteiger partial charge in [-0.15, -0.1) is 6.42 Å². The Bertz CT molecular complexity index is 416. The first-order chi connectivity index (χ1) is 6.96. The van der Waals surface area contributed by atoms with Gasteiger partial charge in [0.1, 0.15) is 5.69 Å². The Hall–Kier alpha value is -1.82. The Morgan fingerprint density at radius 2 is 2.27 bits per heavy atom. The van der Waals surface area contributed by atoms with Crippen molar-refractivity contribution in [2.75, 3.05) is 0 Å². The number of terminal acetylenes is 1. The summed E-state index contributed by atoms with van der Waals surface area (Å²) in [4.78, 5) is 15.8. The molecule has 1 amide bonds. The zero-order valence-corrected chi connectivity index (χ0v) is 9.16. The lowest BCUT2D eigenvalue weighted by Crippen LogP contribution is -2.42. The number of nitrogens with zero attached hydrogens (tertiary/aromatic N) is 1. The fraction of sp³-hybridized carbons (Fsp3) is 0.333. The molecule has 0 unspecified atom stereocenters. The van der Waals surface area contributed by atoms with Gasteiger partial charge in [0.25, 0.3) is 5.91 Å². The number of rotatable bonds is 2. The van der Waals surface area contributed by atoms with Gasteiger partial charge in [-0.1, -0.05) is 12.0 Å². The molecule has 1 rings (SSSR count). The zero-order valence-electron chi connectivity index (χ0n) is 9.16. The molecule has 0 aliphatic heterocycles. The molecule has 0 radical (unpaired) electrons. The van der Waals surface area contributed by atoms with Crippen LogP contribution in [0.2, 0.25) is 0 Å². The second-order valence-electron chi connectivity index (χ2n) is 3.89. The van der Waals surface area contributed by atoms with Gasteiger partial charge in [-0.05, 0) is 32.4 Å². The predicted octanol–water partition coefficient (Wildman–Crippen LogP) is 1.53. The van der Waals surface area contributed by atoms with E-state index in [1.165, 1.54) is 0 Å². The average molecular weight is 202 g/mol. The van der Waals surface area contributed by atoms with Crippen LogP contribution in [0.15, 0.2) is 18.3 Å². The highest BCUT2D eigenvalue weighted by Gasteiger charge is 2.19. The van der Waals surface area contributed by atoms with Crippen LogP contribution in [0.4, 0.5) is 0 Å². The van der Waals surface area contributed by atoms with Crippen molar-refractivity contribution in [1.82, 2.24) is 10.3 Å². The Morgan fingerprint density at radius 3 is 2.80 bits per heavy atom. The van der Waals surface area contributed by atoms with Crippen LogP contribution in [0.25, 0.3) is 0 Å². The van der Waals surface area contributed by atoms with Crippen molar-refractivity contribution in [2.24, 2.45) is 0 Å². The van der Waals surface area contributed by atoms with Crippen LogP contribution in [0.3, 0.4) is 0 Å². The van der Waals surface area contributed by atoms with Crippen LogP contribution in [-0.2, 0) is 0 Å². The lowest BCUT2D eigenvalue weighted by atomic mass is 10.1. The molecule has 15 heavy (non-hydrogen) atoms. The highest BCUT2D eigenvalue weighted by molar-refractivity contribution is 5.94. The van der Waals surface area contributed by atoms with E-state index >= 15 is 0 Å². The van der Waals surface area contributed by atoms with E-state index in [0.717, 1.165) is 5.56 Å². The molecule has 0 saturated heterocycles. The minimum absolute atomic E-state index is 0.240. The molecule has 0 atom stereocenters. The number of nitrogens with one attached hydrogen (secondary N) is 1. The number of amides is 1. The fourth-order valence-corrected chi connectivity index (χ4v) is 1.10. The minimum Gasteiger partial charge on any atom is -0.335 e. The van der Waals surface area contributed by atoms with Crippen molar-refractivity contribution < 1.29 is 4.79 Å². The smallest absolute Gasteiger partial charge is 0.271 e. The number of carbonyl (C=O) groups excluding carboxylic acids is 1. The van der Waals surface area contributed by atoms with Crippen molar-refractivity contribution >= 4 is 5.91 Å². The maximum absolute atomic E-state index is 11.8. The third-order valence-electron chi connectivity index (χ3n) is 2.01. The second kappa shape index (κ2) is 4.14. The van der Waals surface area contributed by atoms with Crippen LogP contribution < -0.4 is 5.32 Å². The second-order valence-corrected chi connectivity index (χ2v) is 3.89. The largest absolute Gasteiger partial charge is 0.335 e. The first kappa shape index (κ1) is 11.3. The Labute approximate surface area is 89.9 Å². The first-order valence-electron chi connectivity index (χ1n) is 4.68. The molecule has 0 aliphatic carbocycles. The summed E-state index contributed by atoms with van der Waals surface area (Å²) in [5, 5.41) is 2.73. The summed E-state index contributed by atoms with van der Waals surface area (Å²) in [7, 11) is 0. The van der Waals surface area contributed by atoms with E-state index in [2.05, 4.69) is 16.2 Å². The van der Waals surface area contributed by atoms with Gasteiger partial charge in [-0.25, -0.2) is 0 Å². The molecule has 0 bridgehead atoms. The molecule has 0 aliphatic rings. The zero-order chi connectivity index (χ0) is 11.5. The molecule has 1 aromatic rings. The van der Waals surface area contributed by atoms with Crippen LogP contribution in [0, 0.1) is 19.3 Å². The summed E-state index contributed by atoms with van der Waals surface area (Å²) in [6, 6.07) is 3.63. The van der Waals surface area contributed by atoms with Crippen LogP contribution in [-0.4, -0.2) is 16.4 Å². The molecule has 0 spiro atoms. The summed E-state index contributed by atoms with van der Waals surface area (Å²) in [6.07, 6.45) is 6.87. The third-order valence-corrected chi connectivity index (χ3v) is 2.01. The summed E-state index contributed by atoms with van der Waals surface area (Å²) in [6.45, 7) is 5.37. The van der Waals surface area contributed by atoms with E-state index in [-0.39, 0.29) is 5.91 Å². The van der Waals surface area contributed by atoms with Crippen molar-refractivity contribution in [2.45, 2.75) is 26.3 Å². The first-order valence-corrected chi connectivity index (χ1v) is 4.68. The Balaban J connectivity index is 2.89. The van der Waals surface area contributed by atoms with E-state index < -0.39 is 5.54 Å². The van der Waals surface area contributed by atoms with E-state index in [1.54, 1.807) is 26.1 Å². The van der Waals surface area contributed by atoms with Gasteiger partial charge in [-0.3, -0.25) is 9.78 Å². The molecule has 0 saturated carbocycles. The molecule has 1 aromatic heterocycles. The number of aromatic nitrogens is 1. The molecule has 3 heteroatoms. The number of hydrogen-bond acceptors (Lipinski definition) is 2. The topological polar surface area (TPSA) is 42.0 Å². The standard InChI is InChI=1S/C12H14N2O/c1-5-12(3,4)14-11(15)10-9(2)7-6-8-13-10/h1,6-8H,2-4H3,(H,14,15). The van der Waals surface area contributed by atoms with Gasteiger partial charge in [0.05, 0.1) is 5.54 Å². The van der Waals surface area contributed by atoms with E-state index in [0.29, 0.717) is 5.69 Å². The summed E-state index contributed by atoms with van der Waals surface area (Å²) in [5.41, 5.74) is 0.602. The molecule has 78 valence electrons. The number of aryl methyl sites for hydroxylation is 1. The van der Waals surface area contributed by atoms with E-state index in [9.17, 15) is 4.79 Å². The lowest BCUT2D eigenvalue weighted by Gasteiger charge is -2.19. The average Bonchev–Trinajstić information content (AvgIpc) is 2.17. The maximum atomic E-state index is 11.8. The fourth-order valence-electron chi connectivity index (χ4n) is 1.10. The van der Waals surface area contributed by atoms with Crippen LogP contribution in [0.5, 0.6) is 0 Å². The minimum atomic E-state index is -0.652. The lowest BCUT2D eigenvalue weighted by molar-refractivity contribution is 0.0924. The number of hydrogen-bond donors (Lipinski definition) is 1.